The first-order valence-electron chi connectivity index (χ1n) is 12.9. The van der Waals surface area contributed by atoms with E-state index in [-0.39, 0.29) is 29.8 Å². The van der Waals surface area contributed by atoms with Crippen molar-refractivity contribution in [3.8, 4) is 0 Å². The number of aliphatic hydroxyl groups excluding tert-OH is 2. The number of nitrogens with zero attached hydrogens (tertiary/aromatic N) is 1. The van der Waals surface area contributed by atoms with E-state index >= 15 is 0 Å². The number of aryl methyl sites for hydroxylation is 1. The lowest BCUT2D eigenvalue weighted by molar-refractivity contribution is -0.154. The number of oxazole rings is 1. The molecule has 3 heterocycles. The lowest BCUT2D eigenvalue weighted by Gasteiger charge is -2.35. The zero-order valence-corrected chi connectivity index (χ0v) is 22.1. The lowest BCUT2D eigenvalue weighted by atomic mass is 9.71. The molecule has 0 aliphatic carbocycles. The summed E-state index contributed by atoms with van der Waals surface area (Å²) in [6.45, 7) is 12.7. The van der Waals surface area contributed by atoms with Gasteiger partial charge in [0.1, 0.15) is 23.8 Å². The van der Waals surface area contributed by atoms with Gasteiger partial charge in [0.15, 0.2) is 5.89 Å². The first kappa shape index (κ1) is 28.3. The van der Waals surface area contributed by atoms with Crippen LogP contribution in [0.1, 0.15) is 77.8 Å². The Kier molecular flexibility index (Phi) is 8.96. The molecule has 2 saturated heterocycles. The molecule has 8 nitrogen and oxygen atoms in total. The zero-order chi connectivity index (χ0) is 26.7. The summed E-state index contributed by atoms with van der Waals surface area (Å²) in [4.78, 5) is 30.6. The lowest BCUT2D eigenvalue weighted by Crippen LogP contribution is -2.46. The van der Waals surface area contributed by atoms with Crippen LogP contribution in [0.2, 0.25) is 0 Å². The van der Waals surface area contributed by atoms with Gasteiger partial charge in [0.05, 0.1) is 35.7 Å². The van der Waals surface area contributed by atoms with Crippen molar-refractivity contribution in [3.63, 3.8) is 0 Å². The van der Waals surface area contributed by atoms with Crippen molar-refractivity contribution < 1.29 is 33.7 Å². The standard InChI is InChI=1S/C28H41NO7/c1-7-9-21-25(32)17(2)10-8-13-28(6)23(36-28)14-20(12-11-19-16-34-18(3)29-19)35-24(31)15-22(30)27(4,5)26(21)33/h7,11-12,16-17,20-23,25,30,32H,1,8-10,13-15H2,2-6H3. The first-order chi connectivity index (χ1) is 16.9. The molecule has 0 amide bonds. The zero-order valence-electron chi connectivity index (χ0n) is 22.1. The summed E-state index contributed by atoms with van der Waals surface area (Å²) in [5.41, 5.74) is -0.975. The van der Waals surface area contributed by atoms with Crippen LogP contribution in [0.4, 0.5) is 0 Å². The monoisotopic (exact) mass is 503 g/mol. The predicted octanol–water partition coefficient (Wildman–Crippen LogP) is 4.18. The molecule has 3 rings (SSSR count). The van der Waals surface area contributed by atoms with Crippen molar-refractivity contribution in [2.75, 3.05) is 0 Å². The number of ketones is 1. The number of fused-ring (bicyclic) bond motifs is 1. The van der Waals surface area contributed by atoms with E-state index in [2.05, 4.69) is 11.6 Å². The molecular formula is C28H41NO7. The topological polar surface area (TPSA) is 122 Å². The molecular weight excluding hydrogens is 462 g/mol. The highest BCUT2D eigenvalue weighted by Crippen LogP contribution is 2.44. The van der Waals surface area contributed by atoms with E-state index in [1.807, 2.05) is 13.8 Å². The van der Waals surface area contributed by atoms with Crippen molar-refractivity contribution in [1.82, 2.24) is 4.98 Å². The molecule has 0 bridgehead atoms. The second kappa shape index (κ2) is 11.4. The van der Waals surface area contributed by atoms with Gasteiger partial charge in [-0.05, 0) is 44.3 Å². The molecule has 7 unspecified atom stereocenters. The normalized spacial score (nSPS) is 36.3. The van der Waals surface area contributed by atoms with Gasteiger partial charge in [-0.2, -0.15) is 0 Å². The average Bonchev–Trinajstić information content (AvgIpc) is 3.24. The summed E-state index contributed by atoms with van der Waals surface area (Å²) in [6, 6.07) is 0. The number of hydrogen-bond acceptors (Lipinski definition) is 8. The highest BCUT2D eigenvalue weighted by Gasteiger charge is 2.52. The molecule has 0 spiro atoms. The molecule has 0 aromatic carbocycles. The molecule has 0 saturated carbocycles. The maximum atomic E-state index is 13.5. The van der Waals surface area contributed by atoms with E-state index in [9.17, 15) is 19.8 Å². The summed E-state index contributed by atoms with van der Waals surface area (Å²) >= 11 is 0. The van der Waals surface area contributed by atoms with E-state index in [1.165, 1.54) is 6.26 Å². The van der Waals surface area contributed by atoms with Crippen LogP contribution in [-0.2, 0) is 19.1 Å². The summed E-state index contributed by atoms with van der Waals surface area (Å²) in [6.07, 6.45) is 6.58. The number of carbonyl (C=O) groups excluding carboxylic acids is 2. The third kappa shape index (κ3) is 6.72. The van der Waals surface area contributed by atoms with Gasteiger partial charge >= 0.3 is 5.97 Å². The second-order valence-electron chi connectivity index (χ2n) is 11.1. The molecule has 1 aromatic rings. The highest BCUT2D eigenvalue weighted by molar-refractivity contribution is 5.88. The minimum atomic E-state index is -1.27. The third-order valence-corrected chi connectivity index (χ3v) is 7.80. The largest absolute Gasteiger partial charge is 0.458 e. The van der Waals surface area contributed by atoms with Gasteiger partial charge in [0, 0.05) is 19.3 Å². The summed E-state index contributed by atoms with van der Waals surface area (Å²) in [5, 5.41) is 22.0. The Morgan fingerprint density at radius 2 is 1.97 bits per heavy atom. The summed E-state index contributed by atoms with van der Waals surface area (Å²) < 4.78 is 17.0. The van der Waals surface area contributed by atoms with Crippen LogP contribution < -0.4 is 0 Å². The maximum absolute atomic E-state index is 13.5. The Morgan fingerprint density at radius 3 is 2.61 bits per heavy atom. The fraction of sp³-hybridized carbons (Fsp3) is 0.679. The number of allylic oxidation sites excluding steroid dienone is 1. The number of hydrogen-bond donors (Lipinski definition) is 2. The van der Waals surface area contributed by atoms with Crippen LogP contribution in [0.25, 0.3) is 6.08 Å². The molecule has 200 valence electrons. The molecule has 2 aliphatic heterocycles. The molecule has 2 aliphatic rings. The maximum Gasteiger partial charge on any atom is 0.309 e. The van der Waals surface area contributed by atoms with Gasteiger partial charge in [-0.3, -0.25) is 9.59 Å². The van der Waals surface area contributed by atoms with Gasteiger partial charge in [0.25, 0.3) is 0 Å². The highest BCUT2D eigenvalue weighted by atomic mass is 16.6. The average molecular weight is 504 g/mol. The Morgan fingerprint density at radius 1 is 1.25 bits per heavy atom. The molecule has 36 heavy (non-hydrogen) atoms. The van der Waals surface area contributed by atoms with Crippen molar-refractivity contribution in [2.45, 2.75) is 103 Å². The SMILES string of the molecule is C=CCC1C(=O)C(C)(C)C(O)CC(=O)OC(C=Cc2coc(C)n2)CC2OC2(C)CCCC(C)C1O. The van der Waals surface area contributed by atoms with Gasteiger partial charge < -0.3 is 24.1 Å². The Hall–Kier alpha value is -2.29. The van der Waals surface area contributed by atoms with Crippen LogP contribution in [0.5, 0.6) is 0 Å². The van der Waals surface area contributed by atoms with Crippen LogP contribution in [0.3, 0.4) is 0 Å². The van der Waals surface area contributed by atoms with Crippen LogP contribution >= 0.6 is 0 Å². The minimum Gasteiger partial charge on any atom is -0.458 e. The second-order valence-corrected chi connectivity index (χ2v) is 11.1. The van der Waals surface area contributed by atoms with Gasteiger partial charge in [-0.15, -0.1) is 6.58 Å². The van der Waals surface area contributed by atoms with Crippen LogP contribution in [-0.4, -0.2) is 57.0 Å². The van der Waals surface area contributed by atoms with Crippen molar-refractivity contribution in [3.05, 3.63) is 36.6 Å². The third-order valence-electron chi connectivity index (χ3n) is 7.80. The van der Waals surface area contributed by atoms with Gasteiger partial charge in [-0.25, -0.2) is 4.98 Å². The summed E-state index contributed by atoms with van der Waals surface area (Å²) in [7, 11) is 0. The van der Waals surface area contributed by atoms with E-state index < -0.39 is 35.6 Å². The van der Waals surface area contributed by atoms with Crippen molar-refractivity contribution in [2.24, 2.45) is 17.3 Å². The number of ether oxygens (including phenoxy) is 2. The fourth-order valence-corrected chi connectivity index (χ4v) is 5.04. The predicted molar refractivity (Wildman–Crippen MR) is 135 cm³/mol. The number of cyclic esters (lactones) is 1. The van der Waals surface area contributed by atoms with E-state index in [1.54, 1.807) is 39.0 Å². The van der Waals surface area contributed by atoms with E-state index in [0.717, 1.165) is 19.3 Å². The van der Waals surface area contributed by atoms with Crippen LogP contribution in [0.15, 0.2) is 29.4 Å². The first-order valence-corrected chi connectivity index (χ1v) is 12.9. The number of esters is 1. The van der Waals surface area contributed by atoms with Crippen LogP contribution in [0, 0.1) is 24.2 Å². The van der Waals surface area contributed by atoms with Gasteiger partial charge in [-0.1, -0.05) is 33.3 Å². The summed E-state index contributed by atoms with van der Waals surface area (Å²) in [5.74, 6) is -1.20. The van der Waals surface area contributed by atoms with E-state index in [4.69, 9.17) is 13.9 Å². The molecule has 2 N–H and O–H groups in total. The Balaban J connectivity index is 1.84. The number of Topliss-reactive ketones (excluding diaryl/α,β-unsaturated/α-hetero) is 1. The number of epoxide rings is 1. The van der Waals surface area contributed by atoms with Gasteiger partial charge in [0.2, 0.25) is 0 Å². The van der Waals surface area contributed by atoms with Crippen molar-refractivity contribution >= 4 is 17.8 Å². The van der Waals surface area contributed by atoms with Crippen molar-refractivity contribution in [1.29, 1.82) is 0 Å². The minimum absolute atomic E-state index is 0.0800. The Bertz CT molecular complexity index is 967. The molecule has 1 aromatic heterocycles. The quantitative estimate of drug-likeness (QED) is 0.357. The van der Waals surface area contributed by atoms with E-state index in [0.29, 0.717) is 24.4 Å². The molecule has 7 atom stereocenters. The number of aliphatic hydroxyl groups is 2. The molecule has 8 heteroatoms. The Labute approximate surface area is 213 Å². The number of carbonyl (C=O) groups is 2. The molecule has 2 fully saturated rings. The fourth-order valence-electron chi connectivity index (χ4n) is 5.04. The number of rotatable bonds is 4. The molecule has 0 radical (unpaired) electrons. The number of aromatic nitrogens is 1. The smallest absolute Gasteiger partial charge is 0.309 e.